The van der Waals surface area contributed by atoms with Gasteiger partial charge in [0.2, 0.25) is 0 Å². The number of rotatable bonds is 3. The highest BCUT2D eigenvalue weighted by molar-refractivity contribution is 7.16. The zero-order valence-corrected chi connectivity index (χ0v) is 10.5. The second-order valence-electron chi connectivity index (χ2n) is 4.51. The molecular weight excluding hydrogens is 279 g/mol. The Morgan fingerprint density at radius 1 is 1.42 bits per heavy atom. The van der Waals surface area contributed by atoms with Crippen LogP contribution in [0.4, 0.5) is 18.2 Å². The van der Waals surface area contributed by atoms with Crippen molar-refractivity contribution in [3.05, 3.63) is 16.8 Å². The molecule has 2 aromatic rings. The molecule has 3 rings (SSSR count). The van der Waals surface area contributed by atoms with Gasteiger partial charge in [0.15, 0.2) is 5.82 Å². The number of halogens is 3. The summed E-state index contributed by atoms with van der Waals surface area (Å²) >= 11 is 0.899. The van der Waals surface area contributed by atoms with Gasteiger partial charge in [-0.3, -0.25) is 0 Å². The Balaban J connectivity index is 1.86. The molecule has 0 spiro atoms. The smallest absolute Gasteiger partial charge is 0.390 e. The molecule has 0 saturated heterocycles. The maximum atomic E-state index is 12.3. The molecule has 2 N–H and O–H groups in total. The molecule has 0 aliphatic heterocycles. The normalized spacial score (nSPS) is 15.9. The maximum absolute atomic E-state index is 12.3. The van der Waals surface area contributed by atoms with Gasteiger partial charge < -0.3 is 10.3 Å². The van der Waals surface area contributed by atoms with Crippen molar-refractivity contribution in [3.63, 3.8) is 0 Å². The number of nitrogens with zero attached hydrogens (tertiary/aromatic N) is 2. The van der Waals surface area contributed by atoms with Gasteiger partial charge in [-0.25, -0.2) is 0 Å². The number of thiophene rings is 1. The summed E-state index contributed by atoms with van der Waals surface area (Å²) in [6.45, 7) is 0. The molecule has 1 saturated carbocycles. The molecule has 0 radical (unpaired) electrons. The first-order valence-electron chi connectivity index (χ1n) is 5.71. The number of hydrogen-bond acceptors (Lipinski definition) is 5. The standard InChI is InChI=1S/C11H10F3N3OS/c12-11(13,14)4-6-3-7(8(15)19-6)10-16-9(17-18-10)5-1-2-5/h3,5H,1-2,4,15H2. The molecule has 1 fully saturated rings. The minimum atomic E-state index is -4.25. The number of nitrogens with two attached hydrogens (primary N) is 1. The molecule has 0 atom stereocenters. The zero-order chi connectivity index (χ0) is 13.6. The molecule has 0 bridgehead atoms. The highest BCUT2D eigenvalue weighted by Gasteiger charge is 2.31. The van der Waals surface area contributed by atoms with E-state index in [0.29, 0.717) is 17.3 Å². The Morgan fingerprint density at radius 3 is 2.79 bits per heavy atom. The van der Waals surface area contributed by atoms with E-state index in [4.69, 9.17) is 10.3 Å². The first-order valence-corrected chi connectivity index (χ1v) is 6.53. The van der Waals surface area contributed by atoms with Crippen molar-refractivity contribution < 1.29 is 17.7 Å². The monoisotopic (exact) mass is 289 g/mol. The summed E-state index contributed by atoms with van der Waals surface area (Å²) in [4.78, 5) is 4.33. The van der Waals surface area contributed by atoms with E-state index >= 15 is 0 Å². The Morgan fingerprint density at radius 2 is 2.16 bits per heavy atom. The topological polar surface area (TPSA) is 64.9 Å². The van der Waals surface area contributed by atoms with Crippen LogP contribution in [0.2, 0.25) is 0 Å². The minimum Gasteiger partial charge on any atom is -0.390 e. The highest BCUT2D eigenvalue weighted by Crippen LogP contribution is 2.40. The third-order valence-electron chi connectivity index (χ3n) is 2.80. The first-order chi connectivity index (χ1) is 8.92. The van der Waals surface area contributed by atoms with Gasteiger partial charge in [-0.1, -0.05) is 5.16 Å². The molecule has 19 heavy (non-hydrogen) atoms. The van der Waals surface area contributed by atoms with Crippen LogP contribution in [0.5, 0.6) is 0 Å². The summed E-state index contributed by atoms with van der Waals surface area (Å²) < 4.78 is 42.0. The van der Waals surface area contributed by atoms with E-state index in [0.717, 1.165) is 24.2 Å². The molecule has 0 aromatic carbocycles. The van der Waals surface area contributed by atoms with Crippen LogP contribution in [0.3, 0.4) is 0 Å². The summed E-state index contributed by atoms with van der Waals surface area (Å²) in [5.41, 5.74) is 6.11. The molecule has 1 aliphatic rings. The van der Waals surface area contributed by atoms with Crippen molar-refractivity contribution >= 4 is 16.3 Å². The second kappa shape index (κ2) is 4.22. The summed E-state index contributed by atoms with van der Waals surface area (Å²) in [5.74, 6) is 1.13. The van der Waals surface area contributed by atoms with E-state index in [9.17, 15) is 13.2 Å². The van der Waals surface area contributed by atoms with E-state index in [1.54, 1.807) is 0 Å². The van der Waals surface area contributed by atoms with Crippen LogP contribution in [-0.4, -0.2) is 16.3 Å². The van der Waals surface area contributed by atoms with E-state index < -0.39 is 12.6 Å². The summed E-state index contributed by atoms with van der Waals surface area (Å²) in [6, 6.07) is 1.37. The molecule has 8 heteroatoms. The molecule has 4 nitrogen and oxygen atoms in total. The van der Waals surface area contributed by atoms with Crippen LogP contribution in [0.1, 0.15) is 29.5 Å². The molecular formula is C11H10F3N3OS. The van der Waals surface area contributed by atoms with Gasteiger partial charge in [-0.05, 0) is 18.9 Å². The number of nitrogen functional groups attached to an aromatic ring is 1. The third-order valence-corrected chi connectivity index (χ3v) is 3.77. The van der Waals surface area contributed by atoms with Crippen molar-refractivity contribution in [2.45, 2.75) is 31.4 Å². The predicted molar refractivity (Wildman–Crippen MR) is 63.8 cm³/mol. The third kappa shape index (κ3) is 2.73. The van der Waals surface area contributed by atoms with Gasteiger partial charge in [0.1, 0.15) is 0 Å². The number of alkyl halides is 3. The second-order valence-corrected chi connectivity index (χ2v) is 5.68. The highest BCUT2D eigenvalue weighted by atomic mass is 32.1. The van der Waals surface area contributed by atoms with Gasteiger partial charge in [0.25, 0.3) is 5.89 Å². The van der Waals surface area contributed by atoms with Crippen molar-refractivity contribution in [1.82, 2.24) is 10.1 Å². The van der Waals surface area contributed by atoms with Gasteiger partial charge in [0, 0.05) is 10.8 Å². The van der Waals surface area contributed by atoms with Gasteiger partial charge in [0.05, 0.1) is 17.0 Å². The lowest BCUT2D eigenvalue weighted by atomic mass is 10.2. The van der Waals surface area contributed by atoms with Crippen molar-refractivity contribution in [1.29, 1.82) is 0 Å². The Hall–Kier alpha value is -1.57. The molecule has 0 amide bonds. The fourth-order valence-corrected chi connectivity index (χ4v) is 2.71. The number of hydrogen-bond donors (Lipinski definition) is 1. The summed E-state index contributed by atoms with van der Waals surface area (Å²) in [7, 11) is 0. The van der Waals surface area contributed by atoms with Gasteiger partial charge >= 0.3 is 6.18 Å². The van der Waals surface area contributed by atoms with Gasteiger partial charge in [-0.15, -0.1) is 11.3 Å². The first kappa shape index (κ1) is 12.5. The Labute approximate surface area is 110 Å². The van der Waals surface area contributed by atoms with Crippen LogP contribution in [0.25, 0.3) is 11.5 Å². The van der Waals surface area contributed by atoms with E-state index in [1.807, 2.05) is 0 Å². The molecule has 2 heterocycles. The van der Waals surface area contributed by atoms with Crippen LogP contribution < -0.4 is 5.73 Å². The SMILES string of the molecule is Nc1sc(CC(F)(F)F)cc1-c1nc(C2CC2)no1. The lowest BCUT2D eigenvalue weighted by Gasteiger charge is -2.01. The Kier molecular flexibility index (Phi) is 2.77. The number of aromatic nitrogens is 2. The van der Waals surface area contributed by atoms with Crippen molar-refractivity contribution in [3.8, 4) is 11.5 Å². The lowest BCUT2D eigenvalue weighted by Crippen LogP contribution is -2.10. The average molecular weight is 289 g/mol. The largest absolute Gasteiger partial charge is 0.393 e. The lowest BCUT2D eigenvalue weighted by molar-refractivity contribution is -0.126. The molecule has 2 aromatic heterocycles. The average Bonchev–Trinajstić information content (AvgIpc) is 2.91. The molecule has 102 valence electrons. The summed E-state index contributed by atoms with van der Waals surface area (Å²) in [5, 5.41) is 4.09. The fourth-order valence-electron chi connectivity index (χ4n) is 1.76. The Bertz CT molecular complexity index is 601. The van der Waals surface area contributed by atoms with Crippen LogP contribution in [0, 0.1) is 0 Å². The fraction of sp³-hybridized carbons (Fsp3) is 0.455. The van der Waals surface area contributed by atoms with E-state index in [2.05, 4.69) is 10.1 Å². The predicted octanol–water partition coefficient (Wildman–Crippen LogP) is 3.36. The number of anilines is 1. The van der Waals surface area contributed by atoms with Crippen molar-refractivity contribution in [2.75, 3.05) is 5.73 Å². The molecule has 1 aliphatic carbocycles. The van der Waals surface area contributed by atoms with Gasteiger partial charge in [-0.2, -0.15) is 18.2 Å². The minimum absolute atomic E-state index is 0.145. The maximum Gasteiger partial charge on any atom is 0.393 e. The zero-order valence-electron chi connectivity index (χ0n) is 9.70. The summed E-state index contributed by atoms with van der Waals surface area (Å²) in [6.07, 6.45) is -3.19. The molecule has 0 unspecified atom stereocenters. The quantitative estimate of drug-likeness (QED) is 0.941. The van der Waals surface area contributed by atoms with E-state index in [1.165, 1.54) is 6.07 Å². The van der Waals surface area contributed by atoms with E-state index in [-0.39, 0.29) is 15.8 Å². The van der Waals surface area contributed by atoms with Crippen LogP contribution in [0.15, 0.2) is 10.6 Å². The van der Waals surface area contributed by atoms with Crippen LogP contribution >= 0.6 is 11.3 Å². The van der Waals surface area contributed by atoms with Crippen molar-refractivity contribution in [2.24, 2.45) is 0 Å². The van der Waals surface area contributed by atoms with Crippen LogP contribution in [-0.2, 0) is 6.42 Å².